The SMILES string of the molecule is CCC(O)(O)OC(N)=O. The van der Waals surface area contributed by atoms with Gasteiger partial charge in [0.25, 0.3) is 0 Å². The number of amides is 1. The van der Waals surface area contributed by atoms with Crippen molar-refractivity contribution in [3.8, 4) is 0 Å². The summed E-state index contributed by atoms with van der Waals surface area (Å²) in [5.41, 5.74) is 4.47. The first-order chi connectivity index (χ1) is 3.98. The molecule has 0 bridgehead atoms. The van der Waals surface area contributed by atoms with Crippen LogP contribution in [0, 0.1) is 0 Å². The summed E-state index contributed by atoms with van der Waals surface area (Å²) in [6, 6.07) is 0. The summed E-state index contributed by atoms with van der Waals surface area (Å²) in [5, 5.41) is 17.1. The Hall–Kier alpha value is -0.810. The molecule has 0 aromatic carbocycles. The molecule has 0 fully saturated rings. The standard InChI is InChI=1S/C4H9NO4/c1-2-4(7,8)9-3(5)6/h7-8H,2H2,1H3,(H2,5,6). The lowest BCUT2D eigenvalue weighted by Gasteiger charge is -2.17. The molecule has 4 N–H and O–H groups in total. The van der Waals surface area contributed by atoms with Crippen LogP contribution in [0.25, 0.3) is 0 Å². The molecule has 0 saturated heterocycles. The van der Waals surface area contributed by atoms with Crippen LogP contribution in [0.4, 0.5) is 4.79 Å². The van der Waals surface area contributed by atoms with E-state index in [0.29, 0.717) is 0 Å². The number of carbonyl (C=O) groups excluding carboxylic acids is 1. The highest BCUT2D eigenvalue weighted by Gasteiger charge is 2.23. The molecule has 0 aliphatic heterocycles. The summed E-state index contributed by atoms with van der Waals surface area (Å²) in [4.78, 5) is 9.85. The molecule has 0 saturated carbocycles. The van der Waals surface area contributed by atoms with E-state index in [1.807, 2.05) is 0 Å². The quantitative estimate of drug-likeness (QED) is 0.429. The highest BCUT2D eigenvalue weighted by atomic mass is 16.8. The summed E-state index contributed by atoms with van der Waals surface area (Å²) in [6.07, 6.45) is -1.32. The molecule has 0 rings (SSSR count). The second-order valence-electron chi connectivity index (χ2n) is 1.52. The third-order valence-electron chi connectivity index (χ3n) is 0.725. The zero-order chi connectivity index (χ0) is 7.49. The van der Waals surface area contributed by atoms with Crippen molar-refractivity contribution in [1.29, 1.82) is 0 Å². The minimum absolute atomic E-state index is 0.115. The van der Waals surface area contributed by atoms with Gasteiger partial charge in [0.1, 0.15) is 0 Å². The van der Waals surface area contributed by atoms with Crippen LogP contribution in [-0.4, -0.2) is 22.3 Å². The molecule has 0 heterocycles. The molecule has 5 heteroatoms. The Kier molecular flexibility index (Phi) is 2.41. The topological polar surface area (TPSA) is 92.8 Å². The van der Waals surface area contributed by atoms with Crippen LogP contribution in [0.3, 0.4) is 0 Å². The van der Waals surface area contributed by atoms with Crippen LogP contribution in [0.15, 0.2) is 0 Å². The maximum absolute atomic E-state index is 9.85. The van der Waals surface area contributed by atoms with E-state index in [1.54, 1.807) is 0 Å². The lowest BCUT2D eigenvalue weighted by Crippen LogP contribution is -2.35. The first-order valence-corrected chi connectivity index (χ1v) is 2.41. The number of ether oxygens (including phenoxy) is 1. The van der Waals surface area contributed by atoms with E-state index in [9.17, 15) is 4.79 Å². The Morgan fingerprint density at radius 2 is 2.22 bits per heavy atom. The molecule has 0 aliphatic rings. The summed E-state index contributed by atoms with van der Waals surface area (Å²) < 4.78 is 3.84. The van der Waals surface area contributed by atoms with E-state index in [4.69, 9.17) is 10.2 Å². The highest BCUT2D eigenvalue weighted by Crippen LogP contribution is 2.05. The molecule has 0 aromatic rings. The van der Waals surface area contributed by atoms with E-state index < -0.39 is 12.1 Å². The summed E-state index contributed by atoms with van der Waals surface area (Å²) in [7, 11) is 0. The third-order valence-corrected chi connectivity index (χ3v) is 0.725. The first kappa shape index (κ1) is 8.19. The number of nitrogens with two attached hydrogens (primary N) is 1. The van der Waals surface area contributed by atoms with Gasteiger partial charge in [-0.25, -0.2) is 4.79 Å². The second-order valence-corrected chi connectivity index (χ2v) is 1.52. The molecular weight excluding hydrogens is 126 g/mol. The normalized spacial score (nSPS) is 11.0. The summed E-state index contributed by atoms with van der Waals surface area (Å²) >= 11 is 0. The summed E-state index contributed by atoms with van der Waals surface area (Å²) in [6.45, 7) is 1.43. The van der Waals surface area contributed by atoms with E-state index in [2.05, 4.69) is 10.5 Å². The van der Waals surface area contributed by atoms with Crippen molar-refractivity contribution >= 4 is 6.09 Å². The van der Waals surface area contributed by atoms with Crippen molar-refractivity contribution in [3.05, 3.63) is 0 Å². The predicted molar refractivity (Wildman–Crippen MR) is 28.1 cm³/mol. The van der Waals surface area contributed by atoms with Crippen LogP contribution < -0.4 is 5.73 Å². The van der Waals surface area contributed by atoms with Gasteiger partial charge in [-0.3, -0.25) is 0 Å². The minimum Gasteiger partial charge on any atom is -0.392 e. The van der Waals surface area contributed by atoms with Crippen molar-refractivity contribution in [2.24, 2.45) is 5.73 Å². The minimum atomic E-state index is -2.41. The Labute approximate surface area is 52.0 Å². The van der Waals surface area contributed by atoms with Gasteiger partial charge in [-0.15, -0.1) is 0 Å². The largest absolute Gasteiger partial charge is 0.408 e. The molecule has 5 nitrogen and oxygen atoms in total. The third kappa shape index (κ3) is 3.75. The van der Waals surface area contributed by atoms with Crippen molar-refractivity contribution in [2.75, 3.05) is 0 Å². The Bertz CT molecular complexity index is 111. The molecular formula is C4H9NO4. The predicted octanol–water partition coefficient (Wildman–Crippen LogP) is -0.870. The molecule has 0 spiro atoms. The number of aliphatic hydroxyl groups is 2. The number of primary amides is 1. The van der Waals surface area contributed by atoms with Gasteiger partial charge < -0.3 is 20.7 Å². The number of hydrogen-bond donors (Lipinski definition) is 3. The van der Waals surface area contributed by atoms with Crippen LogP contribution in [-0.2, 0) is 4.74 Å². The maximum Gasteiger partial charge on any atom is 0.408 e. The molecule has 0 unspecified atom stereocenters. The van der Waals surface area contributed by atoms with Crippen molar-refractivity contribution < 1.29 is 19.7 Å². The van der Waals surface area contributed by atoms with E-state index in [-0.39, 0.29) is 6.42 Å². The van der Waals surface area contributed by atoms with Gasteiger partial charge in [0.2, 0.25) is 0 Å². The van der Waals surface area contributed by atoms with Gasteiger partial charge in [0.15, 0.2) is 0 Å². The van der Waals surface area contributed by atoms with E-state index >= 15 is 0 Å². The van der Waals surface area contributed by atoms with Gasteiger partial charge >= 0.3 is 12.1 Å². The monoisotopic (exact) mass is 135 g/mol. The summed E-state index contributed by atoms with van der Waals surface area (Å²) in [5.74, 6) is -2.41. The smallest absolute Gasteiger partial charge is 0.392 e. The van der Waals surface area contributed by atoms with Gasteiger partial charge in [-0.05, 0) is 0 Å². The number of carbonyl (C=O) groups is 1. The van der Waals surface area contributed by atoms with Gasteiger partial charge in [-0.1, -0.05) is 6.92 Å². The van der Waals surface area contributed by atoms with E-state index in [0.717, 1.165) is 0 Å². The highest BCUT2D eigenvalue weighted by molar-refractivity contribution is 5.64. The van der Waals surface area contributed by atoms with E-state index in [1.165, 1.54) is 6.92 Å². The Morgan fingerprint density at radius 3 is 2.33 bits per heavy atom. The van der Waals surface area contributed by atoms with Crippen molar-refractivity contribution in [3.63, 3.8) is 0 Å². The molecule has 0 radical (unpaired) electrons. The van der Waals surface area contributed by atoms with Gasteiger partial charge in [0, 0.05) is 6.42 Å². The second kappa shape index (κ2) is 2.65. The van der Waals surface area contributed by atoms with Crippen LogP contribution in [0.1, 0.15) is 13.3 Å². The molecule has 54 valence electrons. The average Bonchev–Trinajstić information content (AvgIpc) is 1.63. The fourth-order valence-corrected chi connectivity index (χ4v) is 0.233. The fourth-order valence-electron chi connectivity index (χ4n) is 0.233. The molecule has 0 atom stereocenters. The maximum atomic E-state index is 9.85. The average molecular weight is 135 g/mol. The Balaban J connectivity index is 3.71. The Morgan fingerprint density at radius 1 is 1.78 bits per heavy atom. The van der Waals surface area contributed by atoms with Crippen LogP contribution in [0.5, 0.6) is 0 Å². The van der Waals surface area contributed by atoms with Crippen molar-refractivity contribution in [2.45, 2.75) is 19.3 Å². The zero-order valence-corrected chi connectivity index (χ0v) is 5.00. The lowest BCUT2D eigenvalue weighted by molar-refractivity contribution is -0.306. The van der Waals surface area contributed by atoms with Gasteiger partial charge in [-0.2, -0.15) is 0 Å². The zero-order valence-electron chi connectivity index (χ0n) is 5.00. The molecule has 0 aromatic heterocycles. The number of rotatable bonds is 2. The first-order valence-electron chi connectivity index (χ1n) is 2.41. The number of hydrogen-bond acceptors (Lipinski definition) is 4. The molecule has 0 aliphatic carbocycles. The van der Waals surface area contributed by atoms with Crippen molar-refractivity contribution in [1.82, 2.24) is 0 Å². The van der Waals surface area contributed by atoms with Crippen LogP contribution >= 0.6 is 0 Å². The molecule has 9 heavy (non-hydrogen) atoms. The fraction of sp³-hybridized carbons (Fsp3) is 0.750. The van der Waals surface area contributed by atoms with Gasteiger partial charge in [0.05, 0.1) is 0 Å². The van der Waals surface area contributed by atoms with Crippen LogP contribution in [0.2, 0.25) is 0 Å². The molecule has 1 amide bonds. The lowest BCUT2D eigenvalue weighted by atomic mass is 10.4.